The molecule has 0 saturated heterocycles. The predicted octanol–water partition coefficient (Wildman–Crippen LogP) is -3.43. The first-order valence-electron chi connectivity index (χ1n) is 11.4. The Morgan fingerprint density at radius 1 is 0.867 bits per heavy atom. The molecule has 1 aromatic carbocycles. The summed E-state index contributed by atoms with van der Waals surface area (Å²) in [4.78, 5) is 0. The van der Waals surface area contributed by atoms with Crippen LogP contribution in [0, 0.1) is 13.8 Å². The van der Waals surface area contributed by atoms with E-state index in [2.05, 4.69) is 46.8 Å². The number of rotatable bonds is 13. The molecule has 1 aromatic rings. The van der Waals surface area contributed by atoms with Gasteiger partial charge in [0.2, 0.25) is 0 Å². The lowest BCUT2D eigenvalue weighted by molar-refractivity contribution is 0.229. The Morgan fingerprint density at radius 3 is 1.87 bits per heavy atom. The molecule has 0 fully saturated rings. The number of benzene rings is 1. The van der Waals surface area contributed by atoms with Crippen LogP contribution in [0.5, 0.6) is 5.75 Å². The molecule has 0 aliphatic rings. The van der Waals surface area contributed by atoms with Gasteiger partial charge in [-0.15, -0.1) is 0 Å². The molecule has 174 valence electrons. The third-order valence-electron chi connectivity index (χ3n) is 6.81. The van der Waals surface area contributed by atoms with Crippen LogP contribution in [0.25, 0.3) is 0 Å². The van der Waals surface area contributed by atoms with E-state index in [1.165, 1.54) is 78.0 Å². The molecule has 13 heteroatoms. The third kappa shape index (κ3) is 6.25. The summed E-state index contributed by atoms with van der Waals surface area (Å²) in [5.41, 5.74) is 4.22. The summed E-state index contributed by atoms with van der Waals surface area (Å²) in [5, 5.41) is 0. The van der Waals surface area contributed by atoms with E-state index >= 15 is 0 Å². The fourth-order valence-corrected chi connectivity index (χ4v) is 279. The summed E-state index contributed by atoms with van der Waals surface area (Å²) in [6.07, 6.45) is 0.0938. The highest BCUT2D eigenvalue weighted by molar-refractivity contribution is 8.11. The minimum atomic E-state index is -1.66. The van der Waals surface area contributed by atoms with Crippen molar-refractivity contribution < 1.29 is 18.0 Å². The van der Waals surface area contributed by atoms with Gasteiger partial charge in [0.15, 0.2) is 0 Å². The highest BCUT2D eigenvalue weighted by Gasteiger charge is 2.64. The molecule has 1 atom stereocenters. The fourth-order valence-electron chi connectivity index (χ4n) is 5.14. The highest BCUT2D eigenvalue weighted by atomic mass is 30.4. The Labute approximate surface area is 203 Å². The van der Waals surface area contributed by atoms with Gasteiger partial charge in [-0.1, -0.05) is 12.1 Å². The van der Waals surface area contributed by atoms with Crippen molar-refractivity contribution in [2.24, 2.45) is 0 Å². The molecule has 0 aromatic heterocycles. The molecule has 1 unspecified atom stereocenters. The number of methoxy groups -OCH3 is 1. The maximum absolute atomic E-state index is 6.85. The quantitative estimate of drug-likeness (QED) is 0.233. The van der Waals surface area contributed by atoms with Crippen LogP contribution < -0.4 is 4.74 Å². The van der Waals surface area contributed by atoms with Crippen molar-refractivity contribution >= 4 is 77.2 Å². The van der Waals surface area contributed by atoms with Gasteiger partial charge >= 0.3 is 0 Å². The van der Waals surface area contributed by atoms with E-state index in [1.54, 1.807) is 7.11 Å². The van der Waals surface area contributed by atoms with Gasteiger partial charge in [0.1, 0.15) is 19.2 Å². The molecule has 4 nitrogen and oxygen atoms in total. The van der Waals surface area contributed by atoms with Gasteiger partial charge in [-0.2, -0.15) is 0 Å². The second-order valence-corrected chi connectivity index (χ2v) is 117. The SMILES string of the molecule is CCO[SiH](OCC)[Si](CCc1ccc(OC)c(C)c1C)([Si]([SiH3])([SiH3])[SiH3])[Si]([SiH3])([SiH3])OCC. The monoisotopic (exact) mass is 566 g/mol. The molecular weight excluding hydrogens is 521 g/mol. The molecule has 0 saturated carbocycles. The largest absolute Gasteiger partial charge is 0.496 e. The van der Waals surface area contributed by atoms with Gasteiger partial charge < -0.3 is 18.0 Å². The minimum absolute atomic E-state index is 0.821. The van der Waals surface area contributed by atoms with Crippen LogP contribution in [0.3, 0.4) is 0 Å². The molecule has 0 aliphatic heterocycles. The maximum atomic E-state index is 6.85. The Balaban J connectivity index is 3.54. The average Bonchev–Trinajstić information content (AvgIpc) is 2.64. The fraction of sp³-hybridized carbons (Fsp3) is 0.647. The van der Waals surface area contributed by atoms with Crippen LogP contribution in [-0.2, 0) is 19.7 Å². The summed E-state index contributed by atoms with van der Waals surface area (Å²) in [5.74, 6) is 1.01. The van der Waals surface area contributed by atoms with Gasteiger partial charge in [-0.25, -0.2) is 0 Å². The van der Waals surface area contributed by atoms with Crippen molar-refractivity contribution in [1.82, 2.24) is 0 Å². The first-order valence-corrected chi connectivity index (χ1v) is 39.8. The Bertz CT molecular complexity index is 678. The maximum Gasteiger partial charge on any atom is 0.296 e. The lowest BCUT2D eigenvalue weighted by atomic mass is 10.0. The second kappa shape index (κ2) is 12.4. The van der Waals surface area contributed by atoms with Crippen LogP contribution in [0.1, 0.15) is 37.5 Å². The van der Waals surface area contributed by atoms with E-state index in [9.17, 15) is 0 Å². The number of hydrogen-bond acceptors (Lipinski definition) is 4. The van der Waals surface area contributed by atoms with E-state index in [1.807, 2.05) is 0 Å². The Kier molecular flexibility index (Phi) is 11.9. The van der Waals surface area contributed by atoms with Gasteiger partial charge in [-0.3, -0.25) is 0 Å². The average molecular weight is 567 g/mol. The van der Waals surface area contributed by atoms with Gasteiger partial charge in [0.05, 0.1) is 7.11 Å². The summed E-state index contributed by atoms with van der Waals surface area (Å²) >= 11 is 0. The molecule has 0 aliphatic carbocycles. The van der Waals surface area contributed by atoms with Gasteiger partial charge in [0.25, 0.3) is 8.80 Å². The summed E-state index contributed by atoms with van der Waals surface area (Å²) in [6.45, 7) is 10.4. The topological polar surface area (TPSA) is 36.9 Å². The molecule has 0 spiro atoms. The minimum Gasteiger partial charge on any atom is -0.496 e. The lowest BCUT2D eigenvalue weighted by Gasteiger charge is -2.53. The molecule has 0 N–H and O–H groups in total. The molecule has 0 radical (unpaired) electrons. The lowest BCUT2D eigenvalue weighted by Crippen LogP contribution is -2.89. The van der Waals surface area contributed by atoms with Crippen LogP contribution in [0.2, 0.25) is 6.04 Å². The van der Waals surface area contributed by atoms with Crippen LogP contribution >= 0.6 is 0 Å². The zero-order valence-electron chi connectivity index (χ0n) is 21.4. The smallest absolute Gasteiger partial charge is 0.296 e. The highest BCUT2D eigenvalue weighted by Crippen LogP contribution is 2.33. The molecule has 30 heavy (non-hydrogen) atoms. The predicted molar refractivity (Wildman–Crippen MR) is 160 cm³/mol. The van der Waals surface area contributed by atoms with Crippen LogP contribution in [-0.4, -0.2) is 104 Å². The summed E-state index contributed by atoms with van der Waals surface area (Å²) in [6, 6.07) is 5.87. The molecule has 1 rings (SSSR count). The first kappa shape index (κ1) is 28.9. The van der Waals surface area contributed by atoms with E-state index < -0.39 is 28.4 Å². The Hall–Kier alpha value is 0.852. The molecular formula is C17H46O4Si9. The van der Waals surface area contributed by atoms with Crippen molar-refractivity contribution in [3.8, 4) is 5.75 Å². The van der Waals surface area contributed by atoms with E-state index in [-0.39, 0.29) is 0 Å². The van der Waals surface area contributed by atoms with Gasteiger partial charge in [0, 0.05) is 45.5 Å². The second-order valence-electron chi connectivity index (χ2n) is 9.58. The van der Waals surface area contributed by atoms with E-state index in [0.717, 1.165) is 25.6 Å². The summed E-state index contributed by atoms with van der Waals surface area (Å²) < 4.78 is 25.7. The van der Waals surface area contributed by atoms with E-state index in [0.29, 0.717) is 0 Å². The normalized spacial score (nSPS) is 18.5. The van der Waals surface area contributed by atoms with Crippen LogP contribution in [0.15, 0.2) is 12.1 Å². The van der Waals surface area contributed by atoms with Crippen molar-refractivity contribution in [3.63, 3.8) is 0 Å². The molecule has 0 amide bonds. The van der Waals surface area contributed by atoms with Crippen molar-refractivity contribution in [3.05, 3.63) is 28.8 Å². The molecule has 0 bridgehead atoms. The number of ether oxygens (including phenoxy) is 1. The zero-order chi connectivity index (χ0) is 23.2. The number of aryl methyl sites for hydroxylation is 1. The number of hydrogen-bond donors (Lipinski definition) is 0. The zero-order valence-corrected chi connectivity index (χ0v) is 35.6. The van der Waals surface area contributed by atoms with E-state index in [4.69, 9.17) is 18.0 Å². The van der Waals surface area contributed by atoms with Crippen molar-refractivity contribution in [2.75, 3.05) is 26.9 Å². The Morgan fingerprint density at radius 2 is 1.43 bits per heavy atom. The standard InChI is InChI=1S/C17H46O4Si9/c1-7-19-27(20-8-2)28(30(24,25)26,29(22,23)21-9-3)13-12-16-10-11-17(18-6)15(5)14(16)4/h10-11,27H,7-9,12-13H2,1-6,22-26H3. The van der Waals surface area contributed by atoms with Crippen molar-refractivity contribution in [1.29, 1.82) is 0 Å². The first-order chi connectivity index (χ1) is 13.9. The van der Waals surface area contributed by atoms with Crippen LogP contribution in [0.4, 0.5) is 0 Å². The van der Waals surface area contributed by atoms with Gasteiger partial charge in [-0.05, 0) is 93.1 Å². The third-order valence-corrected chi connectivity index (χ3v) is 157. The molecule has 0 heterocycles. The van der Waals surface area contributed by atoms with Crippen molar-refractivity contribution in [2.45, 2.75) is 47.1 Å². The summed E-state index contributed by atoms with van der Waals surface area (Å²) in [7, 11) is 6.97.